The SMILES string of the molecule is CSCCC(Cc1ccc(F)c(Br)c1)NN. The molecule has 0 spiro atoms. The summed E-state index contributed by atoms with van der Waals surface area (Å²) in [6.07, 6.45) is 3.89. The second kappa shape index (κ2) is 7.27. The molecule has 0 aliphatic heterocycles. The first kappa shape index (κ1) is 14.0. The monoisotopic (exact) mass is 306 g/mol. The van der Waals surface area contributed by atoms with Crippen LogP contribution >= 0.6 is 27.7 Å². The van der Waals surface area contributed by atoms with Gasteiger partial charge in [0.1, 0.15) is 5.82 Å². The maximum absolute atomic E-state index is 13.0. The van der Waals surface area contributed by atoms with E-state index >= 15 is 0 Å². The van der Waals surface area contributed by atoms with Crippen molar-refractivity contribution < 1.29 is 4.39 Å². The van der Waals surface area contributed by atoms with Gasteiger partial charge in [-0.1, -0.05) is 6.07 Å². The number of benzene rings is 1. The normalized spacial score (nSPS) is 12.8. The molecule has 0 amide bonds. The number of hydrogen-bond acceptors (Lipinski definition) is 3. The fraction of sp³-hybridized carbons (Fsp3) is 0.455. The zero-order valence-corrected chi connectivity index (χ0v) is 11.6. The Morgan fingerprint density at radius 1 is 1.56 bits per heavy atom. The Bertz CT molecular complexity index is 336. The predicted molar refractivity (Wildman–Crippen MR) is 71.9 cm³/mol. The molecule has 1 atom stereocenters. The van der Waals surface area contributed by atoms with Gasteiger partial charge in [-0.05, 0) is 58.5 Å². The molecule has 1 unspecified atom stereocenters. The number of nitrogens with one attached hydrogen (secondary N) is 1. The summed E-state index contributed by atoms with van der Waals surface area (Å²) in [5.41, 5.74) is 3.88. The summed E-state index contributed by atoms with van der Waals surface area (Å²) < 4.78 is 13.5. The van der Waals surface area contributed by atoms with Gasteiger partial charge in [-0.25, -0.2) is 4.39 Å². The third-order valence-electron chi connectivity index (χ3n) is 2.37. The molecule has 1 rings (SSSR count). The lowest BCUT2D eigenvalue weighted by Crippen LogP contribution is -2.37. The Kier molecular flexibility index (Phi) is 6.34. The van der Waals surface area contributed by atoms with Crippen LogP contribution < -0.4 is 11.3 Å². The van der Waals surface area contributed by atoms with Crippen LogP contribution in [0.2, 0.25) is 0 Å². The summed E-state index contributed by atoms with van der Waals surface area (Å²) in [4.78, 5) is 0. The topological polar surface area (TPSA) is 38.0 Å². The first-order valence-electron chi connectivity index (χ1n) is 5.06. The van der Waals surface area contributed by atoms with Gasteiger partial charge in [0, 0.05) is 6.04 Å². The van der Waals surface area contributed by atoms with Crippen molar-refractivity contribution in [3.8, 4) is 0 Å². The van der Waals surface area contributed by atoms with E-state index in [-0.39, 0.29) is 11.9 Å². The standard InChI is InChI=1S/C11H16BrFN2S/c1-16-5-4-9(15-14)6-8-2-3-11(13)10(12)7-8/h2-3,7,9,15H,4-6,14H2,1H3. The lowest BCUT2D eigenvalue weighted by molar-refractivity contribution is 0.513. The number of thioether (sulfide) groups is 1. The van der Waals surface area contributed by atoms with Crippen LogP contribution in [0.5, 0.6) is 0 Å². The second-order valence-corrected chi connectivity index (χ2v) is 5.44. The third-order valence-corrected chi connectivity index (χ3v) is 3.62. The van der Waals surface area contributed by atoms with Crippen molar-refractivity contribution in [1.29, 1.82) is 0 Å². The van der Waals surface area contributed by atoms with Crippen LogP contribution in [0.15, 0.2) is 22.7 Å². The highest BCUT2D eigenvalue weighted by atomic mass is 79.9. The molecule has 3 N–H and O–H groups in total. The van der Waals surface area contributed by atoms with Crippen LogP contribution in [-0.4, -0.2) is 18.1 Å². The Hall–Kier alpha value is -0.100. The van der Waals surface area contributed by atoms with Crippen molar-refractivity contribution in [1.82, 2.24) is 5.43 Å². The second-order valence-electron chi connectivity index (χ2n) is 3.60. The van der Waals surface area contributed by atoms with E-state index < -0.39 is 0 Å². The first-order chi connectivity index (χ1) is 7.67. The number of hydrogen-bond donors (Lipinski definition) is 2. The smallest absolute Gasteiger partial charge is 0.137 e. The molecule has 0 radical (unpaired) electrons. The number of halogens is 2. The van der Waals surface area contributed by atoms with Crippen LogP contribution in [0, 0.1) is 5.82 Å². The van der Waals surface area contributed by atoms with Gasteiger partial charge in [0.25, 0.3) is 0 Å². The highest BCUT2D eigenvalue weighted by Crippen LogP contribution is 2.18. The van der Waals surface area contributed by atoms with Gasteiger partial charge in [0.05, 0.1) is 4.47 Å². The van der Waals surface area contributed by atoms with Gasteiger partial charge < -0.3 is 0 Å². The zero-order chi connectivity index (χ0) is 12.0. The van der Waals surface area contributed by atoms with Gasteiger partial charge in [-0.3, -0.25) is 11.3 Å². The first-order valence-corrected chi connectivity index (χ1v) is 7.25. The maximum atomic E-state index is 13.0. The minimum Gasteiger partial charge on any atom is -0.271 e. The van der Waals surface area contributed by atoms with E-state index in [1.165, 1.54) is 6.07 Å². The van der Waals surface area contributed by atoms with Crippen molar-refractivity contribution in [2.75, 3.05) is 12.0 Å². The van der Waals surface area contributed by atoms with Gasteiger partial charge in [-0.2, -0.15) is 11.8 Å². The summed E-state index contributed by atoms with van der Waals surface area (Å²) in [6.45, 7) is 0. The molecule has 90 valence electrons. The number of rotatable bonds is 6. The average molecular weight is 307 g/mol. The van der Waals surface area contributed by atoms with Crippen molar-refractivity contribution in [2.45, 2.75) is 18.9 Å². The minimum absolute atomic E-state index is 0.231. The highest BCUT2D eigenvalue weighted by Gasteiger charge is 2.08. The molecule has 0 aliphatic carbocycles. The fourth-order valence-corrected chi connectivity index (χ4v) is 2.40. The Labute approximate surface area is 108 Å². The molecule has 0 fully saturated rings. The molecule has 0 aliphatic rings. The molecular formula is C11H16BrFN2S. The lowest BCUT2D eigenvalue weighted by atomic mass is 10.0. The lowest BCUT2D eigenvalue weighted by Gasteiger charge is -2.15. The molecule has 0 bridgehead atoms. The molecular weight excluding hydrogens is 291 g/mol. The van der Waals surface area contributed by atoms with Crippen LogP contribution in [0.4, 0.5) is 4.39 Å². The summed E-state index contributed by atoms with van der Waals surface area (Å²) in [5, 5.41) is 0. The molecule has 0 saturated heterocycles. The summed E-state index contributed by atoms with van der Waals surface area (Å²) >= 11 is 4.98. The fourth-order valence-electron chi connectivity index (χ4n) is 1.46. The van der Waals surface area contributed by atoms with Gasteiger partial charge in [0.2, 0.25) is 0 Å². The minimum atomic E-state index is -0.231. The summed E-state index contributed by atoms with van der Waals surface area (Å²) in [5.74, 6) is 6.32. The highest BCUT2D eigenvalue weighted by molar-refractivity contribution is 9.10. The van der Waals surface area contributed by atoms with E-state index in [0.29, 0.717) is 4.47 Å². The molecule has 0 heterocycles. The molecule has 1 aromatic carbocycles. The molecule has 2 nitrogen and oxygen atoms in total. The molecule has 0 saturated carbocycles. The molecule has 1 aromatic rings. The molecule has 16 heavy (non-hydrogen) atoms. The van der Waals surface area contributed by atoms with Gasteiger partial charge in [0.15, 0.2) is 0 Å². The summed E-state index contributed by atoms with van der Waals surface area (Å²) in [6, 6.07) is 5.31. The van der Waals surface area contributed by atoms with Crippen LogP contribution in [0.25, 0.3) is 0 Å². The molecule has 5 heteroatoms. The van der Waals surface area contributed by atoms with Gasteiger partial charge in [-0.15, -0.1) is 0 Å². The Morgan fingerprint density at radius 3 is 2.88 bits per heavy atom. The quantitative estimate of drug-likeness (QED) is 0.627. The number of hydrazine groups is 1. The third kappa shape index (κ3) is 4.41. The van der Waals surface area contributed by atoms with E-state index in [1.54, 1.807) is 23.9 Å². The van der Waals surface area contributed by atoms with E-state index in [0.717, 1.165) is 24.2 Å². The summed E-state index contributed by atoms with van der Waals surface area (Å²) in [7, 11) is 0. The van der Waals surface area contributed by atoms with E-state index in [1.807, 2.05) is 0 Å². The molecule has 0 aromatic heterocycles. The van der Waals surface area contributed by atoms with E-state index in [9.17, 15) is 4.39 Å². The van der Waals surface area contributed by atoms with Crippen molar-refractivity contribution >= 4 is 27.7 Å². The largest absolute Gasteiger partial charge is 0.271 e. The Morgan fingerprint density at radius 2 is 2.31 bits per heavy atom. The van der Waals surface area contributed by atoms with Crippen molar-refractivity contribution in [2.24, 2.45) is 5.84 Å². The van der Waals surface area contributed by atoms with Crippen LogP contribution in [-0.2, 0) is 6.42 Å². The van der Waals surface area contributed by atoms with Crippen molar-refractivity contribution in [3.63, 3.8) is 0 Å². The van der Waals surface area contributed by atoms with E-state index in [4.69, 9.17) is 5.84 Å². The van der Waals surface area contributed by atoms with Gasteiger partial charge >= 0.3 is 0 Å². The zero-order valence-electron chi connectivity index (χ0n) is 9.17. The van der Waals surface area contributed by atoms with Crippen LogP contribution in [0.3, 0.4) is 0 Å². The van der Waals surface area contributed by atoms with E-state index in [2.05, 4.69) is 27.6 Å². The number of nitrogens with two attached hydrogens (primary N) is 1. The predicted octanol–water partition coefficient (Wildman–Crippen LogP) is 2.72. The van der Waals surface area contributed by atoms with Crippen molar-refractivity contribution in [3.05, 3.63) is 34.1 Å². The average Bonchev–Trinajstić information content (AvgIpc) is 2.29. The maximum Gasteiger partial charge on any atom is 0.137 e. The Balaban J connectivity index is 2.59. The van der Waals surface area contributed by atoms with Crippen LogP contribution in [0.1, 0.15) is 12.0 Å².